The molecule has 3 rings (SSSR count). The molecule has 25 heavy (non-hydrogen) atoms. The molecule has 1 aromatic heterocycles. The zero-order valence-electron chi connectivity index (χ0n) is 13.4. The molecule has 2 heterocycles. The lowest BCUT2D eigenvalue weighted by atomic mass is 10.1. The Bertz CT molecular complexity index is 1040. The summed E-state index contributed by atoms with van der Waals surface area (Å²) in [6.07, 6.45) is 0.523. The molecule has 1 aromatic carbocycles. The lowest BCUT2D eigenvalue weighted by Crippen LogP contribution is -2.28. The lowest BCUT2D eigenvalue weighted by molar-refractivity contribution is 0.102. The monoisotopic (exact) mass is 413 g/mol. The van der Waals surface area contributed by atoms with Crippen molar-refractivity contribution in [3.05, 3.63) is 54.5 Å². The van der Waals surface area contributed by atoms with Crippen molar-refractivity contribution in [1.82, 2.24) is 9.13 Å². The highest BCUT2D eigenvalue weighted by molar-refractivity contribution is 8.14. The van der Waals surface area contributed by atoms with Crippen molar-refractivity contribution in [2.75, 3.05) is 5.75 Å². The highest BCUT2D eigenvalue weighted by Crippen LogP contribution is 2.30. The predicted molar refractivity (Wildman–Crippen MR) is 106 cm³/mol. The number of aromatic nitrogens is 2. The number of nitrogens with zero attached hydrogens (tertiary/aromatic N) is 3. The molecule has 0 N–H and O–H groups in total. The van der Waals surface area contributed by atoms with E-state index in [1.54, 1.807) is 32.3 Å². The number of thioether (sulfide) groups is 1. The van der Waals surface area contributed by atoms with Gasteiger partial charge in [-0.15, -0.1) is 11.8 Å². The Hall–Kier alpha value is -1.41. The van der Waals surface area contributed by atoms with Crippen LogP contribution in [0, 0.1) is 4.64 Å². The summed E-state index contributed by atoms with van der Waals surface area (Å²) in [7, 11) is 3.30. The zero-order valence-corrected chi connectivity index (χ0v) is 16.5. The van der Waals surface area contributed by atoms with Crippen LogP contribution in [0.5, 0.6) is 0 Å². The number of aliphatic imine (C=N–C) groups is 1. The Morgan fingerprint density at radius 2 is 2.00 bits per heavy atom. The van der Waals surface area contributed by atoms with Gasteiger partial charge in [0, 0.05) is 31.6 Å². The van der Waals surface area contributed by atoms with Crippen LogP contribution in [-0.4, -0.2) is 25.7 Å². The van der Waals surface area contributed by atoms with Crippen molar-refractivity contribution in [2.24, 2.45) is 19.1 Å². The minimum atomic E-state index is -0.217. The summed E-state index contributed by atoms with van der Waals surface area (Å²) < 4.78 is 3.38. The highest BCUT2D eigenvalue weighted by atomic mass is 35.5. The van der Waals surface area contributed by atoms with Crippen molar-refractivity contribution in [2.45, 2.75) is 6.42 Å². The van der Waals surface area contributed by atoms with E-state index >= 15 is 0 Å². The maximum atomic E-state index is 12.3. The summed E-state index contributed by atoms with van der Waals surface area (Å²) in [6, 6.07) is 4.81. The number of fused-ring (bicyclic) bond motifs is 1. The molecule has 5 nitrogen and oxygen atoms in total. The smallest absolute Gasteiger partial charge is 0.293 e. The molecule has 0 amide bonds. The molecule has 0 bridgehead atoms. The first-order chi connectivity index (χ1) is 11.8. The predicted octanol–water partition coefficient (Wildman–Crippen LogP) is 3.96. The van der Waals surface area contributed by atoms with Gasteiger partial charge in [-0.05, 0) is 18.2 Å². The third kappa shape index (κ3) is 3.46. The summed E-state index contributed by atoms with van der Waals surface area (Å²) in [5.41, 5.74) is 1.12. The van der Waals surface area contributed by atoms with Crippen molar-refractivity contribution < 1.29 is 4.79 Å². The van der Waals surface area contributed by atoms with E-state index in [0.29, 0.717) is 32.5 Å². The Morgan fingerprint density at radius 3 is 2.68 bits per heavy atom. The average Bonchev–Trinajstić information content (AvgIpc) is 3.03. The van der Waals surface area contributed by atoms with Gasteiger partial charge in [0.2, 0.25) is 0 Å². The summed E-state index contributed by atoms with van der Waals surface area (Å²) in [5, 5.41) is 1.52. The van der Waals surface area contributed by atoms with Crippen LogP contribution in [0.1, 0.15) is 15.9 Å². The van der Waals surface area contributed by atoms with E-state index in [4.69, 9.17) is 35.4 Å². The Morgan fingerprint density at radius 1 is 1.28 bits per heavy atom. The summed E-state index contributed by atoms with van der Waals surface area (Å²) in [5.74, 6) is 0.718. The average molecular weight is 414 g/mol. The van der Waals surface area contributed by atoms with Crippen molar-refractivity contribution >= 4 is 63.8 Å². The van der Waals surface area contributed by atoms with E-state index in [1.807, 2.05) is 0 Å². The van der Waals surface area contributed by atoms with Crippen molar-refractivity contribution in [3.8, 4) is 0 Å². The molecule has 0 aliphatic carbocycles. The number of rotatable bonds is 3. The van der Waals surface area contributed by atoms with E-state index in [1.165, 1.54) is 20.9 Å². The van der Waals surface area contributed by atoms with Crippen LogP contribution in [0.3, 0.4) is 0 Å². The number of carbonyl (C=O) groups excluding carboxylic acids is 1. The second-order valence-electron chi connectivity index (χ2n) is 5.53. The maximum absolute atomic E-state index is 12.3. The molecule has 9 heteroatoms. The van der Waals surface area contributed by atoms with Gasteiger partial charge in [-0.25, -0.2) is 9.79 Å². The van der Waals surface area contributed by atoms with Crippen LogP contribution in [-0.2, 0) is 20.5 Å². The Kier molecular flexibility index (Phi) is 5.20. The topological polar surface area (TPSA) is 56.4 Å². The second kappa shape index (κ2) is 7.07. The quantitative estimate of drug-likeness (QED) is 0.564. The van der Waals surface area contributed by atoms with E-state index < -0.39 is 0 Å². The third-order valence-corrected chi connectivity index (χ3v) is 6.13. The van der Waals surface area contributed by atoms with Gasteiger partial charge in [0.15, 0.2) is 5.78 Å². The SMILES string of the molecule is Cn1c2c(c(=S)n(C)c1=O)CC(SCC(=O)c1ccc(Cl)c(Cl)c1)=N2. The van der Waals surface area contributed by atoms with Gasteiger partial charge in [0.1, 0.15) is 10.5 Å². The third-order valence-electron chi connectivity index (χ3n) is 3.89. The molecular formula is C16H13Cl2N3O2S2. The van der Waals surface area contributed by atoms with Crippen LogP contribution in [0.15, 0.2) is 28.0 Å². The number of hydrogen-bond donors (Lipinski definition) is 0. The summed E-state index contributed by atoms with van der Waals surface area (Å²) >= 11 is 18.5. The molecule has 0 fully saturated rings. The fourth-order valence-electron chi connectivity index (χ4n) is 2.49. The molecule has 1 aliphatic rings. The number of hydrogen-bond acceptors (Lipinski definition) is 5. The minimum Gasteiger partial charge on any atom is -0.293 e. The number of ketones is 1. The first-order valence-electron chi connectivity index (χ1n) is 7.27. The minimum absolute atomic E-state index is 0.0692. The van der Waals surface area contributed by atoms with E-state index in [-0.39, 0.29) is 17.2 Å². The van der Waals surface area contributed by atoms with Crippen molar-refractivity contribution in [3.63, 3.8) is 0 Å². The summed E-state index contributed by atoms with van der Waals surface area (Å²) in [4.78, 5) is 28.9. The van der Waals surface area contributed by atoms with Gasteiger partial charge in [0.05, 0.1) is 20.8 Å². The molecule has 0 atom stereocenters. The number of carbonyl (C=O) groups is 1. The second-order valence-corrected chi connectivity index (χ2v) is 7.78. The molecule has 2 aromatic rings. The van der Waals surface area contributed by atoms with Gasteiger partial charge >= 0.3 is 5.69 Å². The van der Waals surface area contributed by atoms with Crippen molar-refractivity contribution in [1.29, 1.82) is 0 Å². The van der Waals surface area contributed by atoms with E-state index in [0.717, 1.165) is 10.6 Å². The molecule has 1 aliphatic heterocycles. The molecule has 0 spiro atoms. The number of Topliss-reactive ketones (excluding diaryl/α,β-unsaturated/α-hetero) is 1. The van der Waals surface area contributed by atoms with Crippen LogP contribution in [0.25, 0.3) is 0 Å². The van der Waals surface area contributed by atoms with E-state index in [2.05, 4.69) is 4.99 Å². The molecule has 0 saturated carbocycles. The molecule has 0 saturated heterocycles. The fourth-order valence-corrected chi connectivity index (χ4v) is 3.90. The first-order valence-corrected chi connectivity index (χ1v) is 9.42. The first kappa shape index (κ1) is 18.4. The number of halogens is 2. The fraction of sp³-hybridized carbons (Fsp3) is 0.250. The highest BCUT2D eigenvalue weighted by Gasteiger charge is 2.22. The normalized spacial score (nSPS) is 12.9. The van der Waals surface area contributed by atoms with Gasteiger partial charge in [-0.3, -0.25) is 13.9 Å². The van der Waals surface area contributed by atoms with Crippen LogP contribution >= 0.6 is 47.2 Å². The standard InChI is InChI=1S/C16H13Cl2N3O2S2/c1-20-14-9(15(24)21(2)16(20)23)6-13(19-14)25-7-12(22)8-3-4-10(17)11(18)5-8/h3-5H,6-7H2,1-2H3. The Labute approximate surface area is 163 Å². The van der Waals surface area contributed by atoms with Gasteiger partial charge < -0.3 is 0 Å². The lowest BCUT2D eigenvalue weighted by Gasteiger charge is -2.07. The van der Waals surface area contributed by atoms with E-state index in [9.17, 15) is 9.59 Å². The zero-order chi connectivity index (χ0) is 18.3. The van der Waals surface area contributed by atoms with Crippen LogP contribution in [0.4, 0.5) is 5.82 Å². The van der Waals surface area contributed by atoms with Gasteiger partial charge in [0.25, 0.3) is 0 Å². The van der Waals surface area contributed by atoms with Gasteiger partial charge in [-0.2, -0.15) is 0 Å². The summed E-state index contributed by atoms with van der Waals surface area (Å²) in [6.45, 7) is 0. The van der Waals surface area contributed by atoms with Crippen LogP contribution in [0.2, 0.25) is 10.0 Å². The number of benzene rings is 1. The Balaban J connectivity index is 1.77. The molecule has 130 valence electrons. The maximum Gasteiger partial charge on any atom is 0.330 e. The van der Waals surface area contributed by atoms with Crippen LogP contribution < -0.4 is 5.69 Å². The molecule has 0 radical (unpaired) electrons. The largest absolute Gasteiger partial charge is 0.330 e. The molecular weight excluding hydrogens is 401 g/mol. The molecule has 0 unspecified atom stereocenters. The van der Waals surface area contributed by atoms with Gasteiger partial charge in [-0.1, -0.05) is 35.4 Å².